The van der Waals surface area contributed by atoms with Gasteiger partial charge in [-0.15, -0.1) is 11.8 Å². The van der Waals surface area contributed by atoms with Gasteiger partial charge < -0.3 is 15.7 Å². The fourth-order valence-corrected chi connectivity index (χ4v) is 4.70. The number of carbonyl (C=O) groups is 3. The molecule has 1 aliphatic rings. The third-order valence-electron chi connectivity index (χ3n) is 4.63. The van der Waals surface area contributed by atoms with Crippen LogP contribution in [0.4, 0.5) is 0 Å². The highest BCUT2D eigenvalue weighted by Gasteiger charge is 2.42. The maximum Gasteiger partial charge on any atom is 0.326 e. The van der Waals surface area contributed by atoms with Crippen molar-refractivity contribution in [3.05, 3.63) is 30.3 Å². The minimum atomic E-state index is -1.06. The molecular formula is C20H28N2O4S. The third kappa shape index (κ3) is 6.27. The van der Waals surface area contributed by atoms with E-state index in [2.05, 4.69) is 10.6 Å². The van der Waals surface area contributed by atoms with Crippen LogP contribution in [0.15, 0.2) is 35.2 Å². The maximum atomic E-state index is 12.8. The number of hydrogen-bond donors (Lipinski definition) is 3. The Morgan fingerprint density at radius 1 is 1.15 bits per heavy atom. The average Bonchev–Trinajstić information content (AvgIpc) is 3.09. The average molecular weight is 393 g/mol. The molecule has 2 rings (SSSR count). The molecule has 0 aliphatic heterocycles. The molecule has 7 heteroatoms. The Morgan fingerprint density at radius 3 is 2.33 bits per heavy atom. The second-order valence-corrected chi connectivity index (χ2v) is 8.84. The monoisotopic (exact) mass is 392 g/mol. The summed E-state index contributed by atoms with van der Waals surface area (Å²) in [5, 5.41) is 14.4. The molecule has 0 spiro atoms. The van der Waals surface area contributed by atoms with E-state index in [1.165, 1.54) is 0 Å². The van der Waals surface area contributed by atoms with Crippen LogP contribution in [0, 0.1) is 5.92 Å². The summed E-state index contributed by atoms with van der Waals surface area (Å²) in [6, 6.07) is 8.84. The van der Waals surface area contributed by atoms with Crippen LogP contribution < -0.4 is 10.6 Å². The van der Waals surface area contributed by atoms with Gasteiger partial charge in [-0.25, -0.2) is 4.79 Å². The standard InChI is InChI=1S/C20H28N2O4S/c1-14(2)12-16(18(24)25)22-17(23)13-21-19(26)20(10-6-7-11-20)27-15-8-4-3-5-9-15/h3-5,8-9,14,16H,6-7,10-13H2,1-2H3,(H,21,26)(H,22,23)(H,24,25)/t16-/m0/s1. The fraction of sp³-hybridized carbons (Fsp3) is 0.550. The van der Waals surface area contributed by atoms with Gasteiger partial charge in [0.05, 0.1) is 11.3 Å². The zero-order chi connectivity index (χ0) is 19.9. The molecule has 0 radical (unpaired) electrons. The van der Waals surface area contributed by atoms with E-state index in [1.807, 2.05) is 44.2 Å². The topological polar surface area (TPSA) is 95.5 Å². The van der Waals surface area contributed by atoms with E-state index in [-0.39, 0.29) is 18.4 Å². The lowest BCUT2D eigenvalue weighted by Gasteiger charge is -2.27. The van der Waals surface area contributed by atoms with E-state index < -0.39 is 22.7 Å². The van der Waals surface area contributed by atoms with Crippen molar-refractivity contribution >= 4 is 29.5 Å². The highest BCUT2D eigenvalue weighted by atomic mass is 32.2. The molecule has 0 bridgehead atoms. The largest absolute Gasteiger partial charge is 0.480 e. The molecule has 0 saturated heterocycles. The molecule has 1 aliphatic carbocycles. The Kier molecular flexibility index (Phi) is 7.71. The molecule has 1 aromatic rings. The third-order valence-corrected chi connectivity index (χ3v) is 6.12. The number of aliphatic carboxylic acids is 1. The van der Waals surface area contributed by atoms with Gasteiger partial charge in [0.1, 0.15) is 6.04 Å². The molecule has 1 saturated carbocycles. The number of amides is 2. The Balaban J connectivity index is 1.93. The van der Waals surface area contributed by atoms with Crippen molar-refractivity contribution in [3.63, 3.8) is 0 Å². The summed E-state index contributed by atoms with van der Waals surface area (Å²) in [7, 11) is 0. The Morgan fingerprint density at radius 2 is 1.78 bits per heavy atom. The minimum absolute atomic E-state index is 0.144. The Labute approximate surface area is 164 Å². The molecule has 6 nitrogen and oxygen atoms in total. The summed E-state index contributed by atoms with van der Waals surface area (Å²) in [6.07, 6.45) is 3.85. The maximum absolute atomic E-state index is 12.8. The summed E-state index contributed by atoms with van der Waals surface area (Å²) in [4.78, 5) is 37.3. The molecule has 1 fully saturated rings. The zero-order valence-electron chi connectivity index (χ0n) is 15.9. The summed E-state index contributed by atoms with van der Waals surface area (Å²) < 4.78 is -0.564. The first kappa shape index (κ1) is 21.3. The molecule has 27 heavy (non-hydrogen) atoms. The van der Waals surface area contributed by atoms with Crippen molar-refractivity contribution in [2.24, 2.45) is 5.92 Å². The van der Waals surface area contributed by atoms with E-state index in [0.717, 1.165) is 30.6 Å². The van der Waals surface area contributed by atoms with Gasteiger partial charge in [-0.3, -0.25) is 9.59 Å². The number of carboxylic acids is 1. The second kappa shape index (κ2) is 9.78. The van der Waals surface area contributed by atoms with E-state index >= 15 is 0 Å². The van der Waals surface area contributed by atoms with Crippen LogP contribution in [0.25, 0.3) is 0 Å². The van der Waals surface area contributed by atoms with Crippen molar-refractivity contribution in [2.45, 2.75) is 61.6 Å². The summed E-state index contributed by atoms with van der Waals surface area (Å²) in [5.41, 5.74) is 0. The number of carboxylic acid groups (broad SMARTS) is 1. The number of thioether (sulfide) groups is 1. The Bertz CT molecular complexity index is 657. The smallest absolute Gasteiger partial charge is 0.326 e. The lowest BCUT2D eigenvalue weighted by molar-refractivity contribution is -0.142. The molecular weight excluding hydrogens is 364 g/mol. The van der Waals surface area contributed by atoms with Crippen molar-refractivity contribution in [1.29, 1.82) is 0 Å². The van der Waals surface area contributed by atoms with Crippen LogP contribution >= 0.6 is 11.8 Å². The predicted molar refractivity (Wildman–Crippen MR) is 106 cm³/mol. The van der Waals surface area contributed by atoms with E-state index in [9.17, 15) is 19.5 Å². The number of hydrogen-bond acceptors (Lipinski definition) is 4. The van der Waals surface area contributed by atoms with Gasteiger partial charge in [-0.2, -0.15) is 0 Å². The van der Waals surface area contributed by atoms with Crippen molar-refractivity contribution in [1.82, 2.24) is 10.6 Å². The normalized spacial score (nSPS) is 16.7. The fourth-order valence-electron chi connectivity index (χ4n) is 3.30. The first-order valence-electron chi connectivity index (χ1n) is 9.37. The molecule has 1 aromatic carbocycles. The number of nitrogens with one attached hydrogen (secondary N) is 2. The quantitative estimate of drug-likeness (QED) is 0.601. The number of carbonyl (C=O) groups excluding carboxylic acids is 2. The molecule has 148 valence electrons. The summed E-state index contributed by atoms with van der Waals surface area (Å²) in [5.74, 6) is -1.55. The number of rotatable bonds is 9. The Hall–Kier alpha value is -2.02. The first-order valence-corrected chi connectivity index (χ1v) is 10.2. The van der Waals surface area contributed by atoms with Crippen LogP contribution in [0.1, 0.15) is 46.0 Å². The summed E-state index contributed by atoms with van der Waals surface area (Å²) >= 11 is 1.55. The summed E-state index contributed by atoms with van der Waals surface area (Å²) in [6.45, 7) is 3.58. The predicted octanol–water partition coefficient (Wildman–Crippen LogP) is 2.82. The SMILES string of the molecule is CC(C)C[C@H](NC(=O)CNC(=O)C1(Sc2ccccc2)CCCC1)C(=O)O. The van der Waals surface area contributed by atoms with E-state index in [1.54, 1.807) is 11.8 Å². The van der Waals surface area contributed by atoms with Crippen LogP contribution in [0.2, 0.25) is 0 Å². The highest BCUT2D eigenvalue weighted by molar-refractivity contribution is 8.01. The zero-order valence-corrected chi connectivity index (χ0v) is 16.7. The van der Waals surface area contributed by atoms with Crippen molar-refractivity contribution < 1.29 is 19.5 Å². The van der Waals surface area contributed by atoms with Crippen molar-refractivity contribution in [3.8, 4) is 0 Å². The van der Waals surface area contributed by atoms with Crippen molar-refractivity contribution in [2.75, 3.05) is 6.54 Å². The molecule has 0 heterocycles. The molecule has 0 aromatic heterocycles. The molecule has 0 unspecified atom stereocenters. The van der Waals surface area contributed by atoms with Gasteiger partial charge in [-0.05, 0) is 37.3 Å². The second-order valence-electron chi connectivity index (χ2n) is 7.39. The van der Waals surface area contributed by atoms with E-state index in [4.69, 9.17) is 0 Å². The van der Waals surface area contributed by atoms with E-state index in [0.29, 0.717) is 6.42 Å². The lowest BCUT2D eigenvalue weighted by Crippen LogP contribution is -2.49. The van der Waals surface area contributed by atoms with Gasteiger partial charge in [0.25, 0.3) is 0 Å². The molecule has 2 amide bonds. The van der Waals surface area contributed by atoms with Crippen LogP contribution in [-0.2, 0) is 14.4 Å². The van der Waals surface area contributed by atoms with Gasteiger partial charge in [0.15, 0.2) is 0 Å². The van der Waals surface area contributed by atoms with Crippen LogP contribution in [0.3, 0.4) is 0 Å². The molecule has 1 atom stereocenters. The van der Waals surface area contributed by atoms with Crippen LogP contribution in [0.5, 0.6) is 0 Å². The van der Waals surface area contributed by atoms with Gasteiger partial charge in [0, 0.05) is 4.90 Å². The van der Waals surface area contributed by atoms with Gasteiger partial charge in [-0.1, -0.05) is 44.9 Å². The van der Waals surface area contributed by atoms with Crippen LogP contribution in [-0.4, -0.2) is 40.2 Å². The first-order chi connectivity index (χ1) is 12.8. The number of benzene rings is 1. The molecule has 3 N–H and O–H groups in total. The van der Waals surface area contributed by atoms with Gasteiger partial charge in [0.2, 0.25) is 11.8 Å². The minimum Gasteiger partial charge on any atom is -0.480 e. The van der Waals surface area contributed by atoms with Gasteiger partial charge >= 0.3 is 5.97 Å². The highest BCUT2D eigenvalue weighted by Crippen LogP contribution is 2.45. The lowest BCUT2D eigenvalue weighted by atomic mass is 10.0.